The van der Waals surface area contributed by atoms with Crippen LogP contribution in [0.5, 0.6) is 0 Å². The molecule has 0 aromatic heterocycles. The largest absolute Gasteiger partial charge is 2.00 e. The minimum Gasteiger partial charge on any atom is -0.343 e. The molecule has 0 saturated heterocycles. The standard InChI is InChI=1S/C10H21.C6H5.Zn/c1-3-5-7-9-10-8-6-4-2;1-2-4-6-5-3-1;/h1,3-10H2,2H3;1-5H;/q2*-1;+2. The third-order valence-corrected chi connectivity index (χ3v) is 2.46. The summed E-state index contributed by atoms with van der Waals surface area (Å²) in [5.74, 6) is 0. The zero-order valence-electron chi connectivity index (χ0n) is 11.5. The van der Waals surface area contributed by atoms with E-state index in [1.165, 1.54) is 44.9 Å². The molecule has 0 nitrogen and oxygen atoms in total. The Morgan fingerprint density at radius 2 is 1.35 bits per heavy atom. The number of benzene rings is 1. The van der Waals surface area contributed by atoms with E-state index < -0.39 is 0 Å². The van der Waals surface area contributed by atoms with Crippen LogP contribution in [0, 0.1) is 13.0 Å². The summed E-state index contributed by atoms with van der Waals surface area (Å²) in [6.07, 6.45) is 10.9. The fraction of sp³-hybridized carbons (Fsp3) is 0.562. The average Bonchev–Trinajstić information content (AvgIpc) is 2.37. The number of hydrogen-bond donors (Lipinski definition) is 0. The molecule has 0 heterocycles. The molecular weight excluding hydrogens is 258 g/mol. The zero-order valence-corrected chi connectivity index (χ0v) is 14.4. The first kappa shape index (κ1) is 19.2. The van der Waals surface area contributed by atoms with Crippen LogP contribution < -0.4 is 0 Å². The fourth-order valence-corrected chi connectivity index (χ4v) is 1.48. The van der Waals surface area contributed by atoms with E-state index in [0.29, 0.717) is 0 Å². The van der Waals surface area contributed by atoms with E-state index in [9.17, 15) is 0 Å². The second-order valence-electron chi connectivity index (χ2n) is 4.05. The maximum absolute atomic E-state index is 3.82. The monoisotopic (exact) mass is 282 g/mol. The molecule has 1 rings (SSSR count). The van der Waals surface area contributed by atoms with Crippen molar-refractivity contribution in [3.05, 3.63) is 43.3 Å². The molecule has 0 bridgehead atoms. The maximum atomic E-state index is 3.82. The van der Waals surface area contributed by atoms with Crippen molar-refractivity contribution in [1.82, 2.24) is 0 Å². The van der Waals surface area contributed by atoms with Crippen molar-refractivity contribution in [3.8, 4) is 0 Å². The molecule has 17 heavy (non-hydrogen) atoms. The van der Waals surface area contributed by atoms with Crippen molar-refractivity contribution in [3.63, 3.8) is 0 Å². The molecule has 0 unspecified atom stereocenters. The molecule has 0 aliphatic carbocycles. The fourth-order valence-electron chi connectivity index (χ4n) is 1.48. The van der Waals surface area contributed by atoms with Gasteiger partial charge in [-0.25, -0.2) is 0 Å². The van der Waals surface area contributed by atoms with E-state index in [4.69, 9.17) is 0 Å². The molecule has 0 radical (unpaired) electrons. The Hall–Kier alpha value is -0.157. The molecule has 0 aliphatic heterocycles. The summed E-state index contributed by atoms with van der Waals surface area (Å²) in [4.78, 5) is 0. The van der Waals surface area contributed by atoms with Gasteiger partial charge in [-0.15, -0.1) is 0 Å². The van der Waals surface area contributed by atoms with Gasteiger partial charge in [-0.05, 0) is 0 Å². The molecule has 0 spiro atoms. The summed E-state index contributed by atoms with van der Waals surface area (Å²) in [6, 6.07) is 12.5. The van der Waals surface area contributed by atoms with Gasteiger partial charge >= 0.3 is 19.5 Å². The predicted octanol–water partition coefficient (Wildman–Crippen LogP) is 5.45. The van der Waals surface area contributed by atoms with Crippen molar-refractivity contribution < 1.29 is 19.5 Å². The summed E-state index contributed by atoms with van der Waals surface area (Å²) < 4.78 is 0. The van der Waals surface area contributed by atoms with Crippen LogP contribution in [-0.4, -0.2) is 0 Å². The Kier molecular flexibility index (Phi) is 20.6. The maximum Gasteiger partial charge on any atom is 2.00 e. The molecule has 0 atom stereocenters. The second-order valence-corrected chi connectivity index (χ2v) is 4.05. The Bertz CT molecular complexity index is 161. The van der Waals surface area contributed by atoms with Crippen molar-refractivity contribution in [2.24, 2.45) is 0 Å². The van der Waals surface area contributed by atoms with Crippen LogP contribution in [0.3, 0.4) is 0 Å². The van der Waals surface area contributed by atoms with Gasteiger partial charge in [0.05, 0.1) is 0 Å². The first-order valence-corrected chi connectivity index (χ1v) is 6.62. The quantitative estimate of drug-likeness (QED) is 0.355. The first-order valence-electron chi connectivity index (χ1n) is 6.62. The minimum atomic E-state index is 0. The van der Waals surface area contributed by atoms with Crippen LogP contribution in [0.25, 0.3) is 0 Å². The normalized spacial score (nSPS) is 8.82. The number of unbranched alkanes of at least 4 members (excludes halogenated alkanes) is 7. The Labute approximate surface area is 121 Å². The first-order chi connectivity index (χ1) is 7.91. The Balaban J connectivity index is 0. The van der Waals surface area contributed by atoms with Crippen molar-refractivity contribution in [2.75, 3.05) is 0 Å². The third kappa shape index (κ3) is 18.4. The Morgan fingerprint density at radius 1 is 0.824 bits per heavy atom. The molecule has 0 saturated carbocycles. The van der Waals surface area contributed by atoms with Crippen LogP contribution in [-0.2, 0) is 19.5 Å². The van der Waals surface area contributed by atoms with Gasteiger partial charge in [-0.2, -0.15) is 42.8 Å². The van der Waals surface area contributed by atoms with Crippen LogP contribution in [0.2, 0.25) is 0 Å². The van der Waals surface area contributed by atoms with Gasteiger partial charge < -0.3 is 6.92 Å². The summed E-state index contributed by atoms with van der Waals surface area (Å²) >= 11 is 0. The summed E-state index contributed by atoms with van der Waals surface area (Å²) in [7, 11) is 0. The van der Waals surface area contributed by atoms with Crippen LogP contribution in [0.4, 0.5) is 0 Å². The van der Waals surface area contributed by atoms with Gasteiger partial charge in [0.15, 0.2) is 0 Å². The molecule has 1 aromatic carbocycles. The minimum absolute atomic E-state index is 0. The van der Waals surface area contributed by atoms with E-state index in [1.54, 1.807) is 0 Å². The second kappa shape index (κ2) is 18.2. The van der Waals surface area contributed by atoms with Crippen molar-refractivity contribution in [2.45, 2.75) is 58.3 Å². The molecule has 1 heteroatoms. The molecular formula is C16H26Zn. The van der Waals surface area contributed by atoms with E-state index in [0.717, 1.165) is 6.42 Å². The summed E-state index contributed by atoms with van der Waals surface area (Å²) in [5.41, 5.74) is 0. The van der Waals surface area contributed by atoms with Gasteiger partial charge in [-0.1, -0.05) is 51.9 Å². The van der Waals surface area contributed by atoms with Crippen molar-refractivity contribution >= 4 is 0 Å². The van der Waals surface area contributed by atoms with E-state index >= 15 is 0 Å². The Morgan fingerprint density at radius 3 is 1.71 bits per heavy atom. The van der Waals surface area contributed by atoms with Gasteiger partial charge in [0.25, 0.3) is 0 Å². The molecule has 92 valence electrons. The predicted molar refractivity (Wildman–Crippen MR) is 73.2 cm³/mol. The van der Waals surface area contributed by atoms with Gasteiger partial charge in [0.1, 0.15) is 0 Å². The van der Waals surface area contributed by atoms with Gasteiger partial charge in [0.2, 0.25) is 0 Å². The zero-order chi connectivity index (χ0) is 11.9. The van der Waals surface area contributed by atoms with Gasteiger partial charge in [-0.3, -0.25) is 0 Å². The van der Waals surface area contributed by atoms with E-state index in [-0.39, 0.29) is 19.5 Å². The average molecular weight is 284 g/mol. The SMILES string of the molecule is [CH2-]CCCCCCCCC.[Zn+2].[c-]1ccccc1. The van der Waals surface area contributed by atoms with E-state index in [2.05, 4.69) is 19.9 Å². The third-order valence-electron chi connectivity index (χ3n) is 2.46. The van der Waals surface area contributed by atoms with Crippen molar-refractivity contribution in [1.29, 1.82) is 0 Å². The van der Waals surface area contributed by atoms with Crippen LogP contribution in [0.15, 0.2) is 30.3 Å². The van der Waals surface area contributed by atoms with Crippen LogP contribution in [0.1, 0.15) is 58.3 Å². The number of hydrogen-bond acceptors (Lipinski definition) is 0. The number of rotatable bonds is 7. The van der Waals surface area contributed by atoms with Crippen LogP contribution >= 0.6 is 0 Å². The van der Waals surface area contributed by atoms with Gasteiger partial charge in [0, 0.05) is 0 Å². The molecule has 0 N–H and O–H groups in total. The summed E-state index contributed by atoms with van der Waals surface area (Å²) in [5, 5.41) is 0. The van der Waals surface area contributed by atoms with E-state index in [1.807, 2.05) is 30.3 Å². The summed E-state index contributed by atoms with van der Waals surface area (Å²) in [6.45, 7) is 6.08. The smallest absolute Gasteiger partial charge is 0.343 e. The molecule has 0 aliphatic rings. The molecule has 1 aromatic rings. The topological polar surface area (TPSA) is 0 Å². The molecule has 0 fully saturated rings. The molecule has 0 amide bonds.